The van der Waals surface area contributed by atoms with E-state index in [-0.39, 0.29) is 18.2 Å². The average Bonchev–Trinajstić information content (AvgIpc) is 3.17. The highest BCUT2D eigenvalue weighted by atomic mass is 32.1. The molecule has 0 aliphatic carbocycles. The van der Waals surface area contributed by atoms with Gasteiger partial charge in [0.1, 0.15) is 5.82 Å². The summed E-state index contributed by atoms with van der Waals surface area (Å²) in [5.41, 5.74) is 3.59. The van der Waals surface area contributed by atoms with E-state index in [9.17, 15) is 9.18 Å². The van der Waals surface area contributed by atoms with E-state index in [1.807, 2.05) is 27.7 Å². The summed E-state index contributed by atoms with van der Waals surface area (Å²) in [4.78, 5) is 15.8. The van der Waals surface area contributed by atoms with Gasteiger partial charge < -0.3 is 14.0 Å². The molecule has 2 heterocycles. The summed E-state index contributed by atoms with van der Waals surface area (Å²) in [5, 5.41) is 6.50. The zero-order valence-corrected chi connectivity index (χ0v) is 18.5. The molecule has 7 nitrogen and oxygen atoms in total. The third-order valence-electron chi connectivity index (χ3n) is 5.10. The summed E-state index contributed by atoms with van der Waals surface area (Å²) < 4.78 is 30.9. The standard InChI is InChI=1S/C20H25BFN3O4S/c1-6-27-17(26)10-15-12-30-18(24-15)25-23-11-13-7-8-14(22)9-16(13)21-28-19(2,3)20(4,5)29-21/h7-9,11-12H,6,10H2,1-5H3,(H,24,25). The highest BCUT2D eigenvalue weighted by Gasteiger charge is 2.52. The number of nitrogens with one attached hydrogen (secondary N) is 1. The quantitative estimate of drug-likeness (QED) is 0.313. The summed E-state index contributed by atoms with van der Waals surface area (Å²) in [7, 11) is -0.705. The number of carbonyl (C=O) groups excluding carboxylic acids is 1. The molecule has 160 valence electrons. The predicted molar refractivity (Wildman–Crippen MR) is 116 cm³/mol. The fraction of sp³-hybridized carbons (Fsp3) is 0.450. The second-order valence-electron chi connectivity index (χ2n) is 7.86. The van der Waals surface area contributed by atoms with Crippen LogP contribution in [0.25, 0.3) is 0 Å². The third-order valence-corrected chi connectivity index (χ3v) is 5.90. The number of ether oxygens (including phenoxy) is 1. The maximum Gasteiger partial charge on any atom is 0.495 e. The molecule has 0 bridgehead atoms. The van der Waals surface area contributed by atoms with Crippen LogP contribution in [0, 0.1) is 5.82 Å². The molecule has 0 saturated carbocycles. The van der Waals surface area contributed by atoms with Crippen LogP contribution < -0.4 is 10.9 Å². The number of benzene rings is 1. The molecule has 2 aromatic rings. The first kappa shape index (κ1) is 22.4. The molecular weight excluding hydrogens is 408 g/mol. The molecule has 1 saturated heterocycles. The van der Waals surface area contributed by atoms with Crippen molar-refractivity contribution in [3.8, 4) is 0 Å². The fourth-order valence-electron chi connectivity index (χ4n) is 2.79. The number of anilines is 1. The summed E-state index contributed by atoms with van der Waals surface area (Å²) in [6, 6.07) is 4.37. The minimum Gasteiger partial charge on any atom is -0.466 e. The number of hydrogen-bond acceptors (Lipinski definition) is 8. The van der Waals surface area contributed by atoms with Crippen LogP contribution in [0.15, 0.2) is 28.7 Å². The van der Waals surface area contributed by atoms with Crippen molar-refractivity contribution in [2.45, 2.75) is 52.2 Å². The lowest BCUT2D eigenvalue weighted by Crippen LogP contribution is -2.41. The Labute approximate surface area is 179 Å². The van der Waals surface area contributed by atoms with Crippen LogP contribution in [-0.2, 0) is 25.3 Å². The number of hydrazone groups is 1. The van der Waals surface area contributed by atoms with E-state index < -0.39 is 18.3 Å². The second-order valence-corrected chi connectivity index (χ2v) is 8.72. The number of thiazole rings is 1. The van der Waals surface area contributed by atoms with Gasteiger partial charge >= 0.3 is 13.1 Å². The Morgan fingerprint density at radius 1 is 1.33 bits per heavy atom. The lowest BCUT2D eigenvalue weighted by atomic mass is 9.76. The largest absolute Gasteiger partial charge is 0.495 e. The SMILES string of the molecule is CCOC(=O)Cc1csc(NN=Cc2ccc(F)cc2B2OC(C)(C)C(C)(C)O2)n1. The Bertz CT molecular complexity index is 932. The summed E-state index contributed by atoms with van der Waals surface area (Å²) in [6.07, 6.45) is 1.67. The Balaban J connectivity index is 1.71. The third kappa shape index (κ3) is 5.06. The fourth-order valence-corrected chi connectivity index (χ4v) is 3.45. The smallest absolute Gasteiger partial charge is 0.466 e. The topological polar surface area (TPSA) is 82.0 Å². The van der Waals surface area contributed by atoms with Crippen molar-refractivity contribution in [2.24, 2.45) is 5.10 Å². The Morgan fingerprint density at radius 3 is 2.70 bits per heavy atom. The van der Waals surface area contributed by atoms with E-state index in [4.69, 9.17) is 14.0 Å². The van der Waals surface area contributed by atoms with E-state index in [1.165, 1.54) is 23.5 Å². The van der Waals surface area contributed by atoms with Gasteiger partial charge in [0.2, 0.25) is 5.13 Å². The molecule has 30 heavy (non-hydrogen) atoms. The first-order chi connectivity index (χ1) is 14.1. The number of halogens is 1. The molecule has 0 atom stereocenters. The average molecular weight is 433 g/mol. The van der Waals surface area contributed by atoms with Crippen molar-refractivity contribution in [2.75, 3.05) is 12.0 Å². The molecule has 1 N–H and O–H groups in total. The lowest BCUT2D eigenvalue weighted by Gasteiger charge is -2.32. The van der Waals surface area contributed by atoms with E-state index in [0.29, 0.717) is 28.5 Å². The summed E-state index contributed by atoms with van der Waals surface area (Å²) >= 11 is 1.32. The molecule has 10 heteroatoms. The van der Waals surface area contributed by atoms with Gasteiger partial charge in [0, 0.05) is 5.38 Å². The van der Waals surface area contributed by atoms with Crippen molar-refractivity contribution in [3.05, 3.63) is 40.7 Å². The molecular formula is C20H25BFN3O4S. The second kappa shape index (κ2) is 8.83. The van der Waals surface area contributed by atoms with Crippen molar-refractivity contribution in [3.63, 3.8) is 0 Å². The van der Waals surface area contributed by atoms with E-state index in [0.717, 1.165) is 0 Å². The lowest BCUT2D eigenvalue weighted by molar-refractivity contribution is -0.142. The van der Waals surface area contributed by atoms with Gasteiger partial charge in [-0.3, -0.25) is 10.2 Å². The predicted octanol–water partition coefficient (Wildman–Crippen LogP) is 3.13. The van der Waals surface area contributed by atoms with Crippen LogP contribution >= 0.6 is 11.3 Å². The van der Waals surface area contributed by atoms with E-state index in [2.05, 4.69) is 15.5 Å². The summed E-state index contributed by atoms with van der Waals surface area (Å²) in [5.74, 6) is -0.704. The van der Waals surface area contributed by atoms with Crippen LogP contribution in [0.1, 0.15) is 45.9 Å². The molecule has 1 aromatic carbocycles. The molecule has 0 amide bonds. The van der Waals surface area contributed by atoms with Gasteiger partial charge in [0.25, 0.3) is 0 Å². The van der Waals surface area contributed by atoms with Gasteiger partial charge in [-0.05, 0) is 57.8 Å². The molecule has 0 unspecified atom stereocenters. The first-order valence-corrected chi connectivity index (χ1v) is 10.5. The normalized spacial score (nSPS) is 17.5. The maximum absolute atomic E-state index is 13.9. The molecule has 0 radical (unpaired) electrons. The first-order valence-electron chi connectivity index (χ1n) is 9.65. The van der Waals surface area contributed by atoms with Crippen molar-refractivity contribution < 1.29 is 23.2 Å². The zero-order chi connectivity index (χ0) is 21.9. The van der Waals surface area contributed by atoms with Crippen LogP contribution in [0.4, 0.5) is 9.52 Å². The molecule has 1 aliphatic heterocycles. The van der Waals surface area contributed by atoms with Gasteiger partial charge in [-0.15, -0.1) is 11.3 Å². The zero-order valence-electron chi connectivity index (χ0n) is 17.7. The molecule has 0 spiro atoms. The van der Waals surface area contributed by atoms with Crippen molar-refractivity contribution in [1.82, 2.24) is 4.98 Å². The molecule has 3 rings (SSSR count). The van der Waals surface area contributed by atoms with Crippen LogP contribution in [0.2, 0.25) is 0 Å². The monoisotopic (exact) mass is 433 g/mol. The van der Waals surface area contributed by atoms with Gasteiger partial charge in [0.05, 0.1) is 36.1 Å². The summed E-state index contributed by atoms with van der Waals surface area (Å²) in [6.45, 7) is 9.86. The van der Waals surface area contributed by atoms with Gasteiger partial charge in [-0.1, -0.05) is 6.07 Å². The number of nitrogens with zero attached hydrogens (tertiary/aromatic N) is 2. The van der Waals surface area contributed by atoms with Gasteiger partial charge in [0.15, 0.2) is 0 Å². The Morgan fingerprint density at radius 2 is 2.03 bits per heavy atom. The Kier molecular flexibility index (Phi) is 6.59. The highest BCUT2D eigenvalue weighted by molar-refractivity contribution is 7.13. The van der Waals surface area contributed by atoms with Crippen LogP contribution in [0.3, 0.4) is 0 Å². The minimum atomic E-state index is -0.705. The molecule has 1 aliphatic rings. The van der Waals surface area contributed by atoms with Crippen molar-refractivity contribution >= 4 is 41.2 Å². The number of aromatic nitrogens is 1. The van der Waals surface area contributed by atoms with E-state index >= 15 is 0 Å². The number of rotatable bonds is 7. The van der Waals surface area contributed by atoms with Gasteiger partial charge in [-0.25, -0.2) is 9.37 Å². The van der Waals surface area contributed by atoms with Crippen molar-refractivity contribution in [1.29, 1.82) is 0 Å². The van der Waals surface area contributed by atoms with E-state index in [1.54, 1.807) is 24.6 Å². The maximum atomic E-state index is 13.9. The highest BCUT2D eigenvalue weighted by Crippen LogP contribution is 2.36. The molecule has 1 fully saturated rings. The number of carbonyl (C=O) groups is 1. The Hall–Kier alpha value is -2.30. The molecule has 1 aromatic heterocycles. The minimum absolute atomic E-state index is 0.111. The van der Waals surface area contributed by atoms with Crippen LogP contribution in [-0.4, -0.2) is 42.1 Å². The van der Waals surface area contributed by atoms with Gasteiger partial charge in [-0.2, -0.15) is 5.10 Å². The number of esters is 1. The number of hydrogen-bond donors (Lipinski definition) is 1. The van der Waals surface area contributed by atoms with Crippen LogP contribution in [0.5, 0.6) is 0 Å².